The highest BCUT2D eigenvalue weighted by Crippen LogP contribution is 2.29. The lowest BCUT2D eigenvalue weighted by Gasteiger charge is -2.00. The van der Waals surface area contributed by atoms with Gasteiger partial charge in [0.25, 0.3) is 0 Å². The topological polar surface area (TPSA) is 52.4 Å². The predicted molar refractivity (Wildman–Crippen MR) is 44.7 cm³/mol. The molecule has 0 spiro atoms. The largest absolute Gasteiger partial charge is 0.490 e. The molecule has 0 aliphatic heterocycles. The third kappa shape index (κ3) is 1.65. The second-order valence-corrected chi connectivity index (χ2v) is 2.41. The van der Waals surface area contributed by atoms with Gasteiger partial charge in [0.15, 0.2) is 5.75 Å². The first-order chi connectivity index (χ1) is 6.79. The average Bonchev–Trinajstić information content (AvgIpc) is 1.99. The van der Waals surface area contributed by atoms with E-state index in [-0.39, 0.29) is 10.8 Å². The molecule has 0 unspecified atom stereocenters. The van der Waals surface area contributed by atoms with Crippen molar-refractivity contribution in [2.75, 3.05) is 7.04 Å². The molecule has 0 fully saturated rings. The van der Waals surface area contributed by atoms with Gasteiger partial charge in [-0.15, -0.1) is 0 Å². The zero-order valence-corrected chi connectivity index (χ0v) is 6.54. The van der Waals surface area contributed by atoms with Crippen molar-refractivity contribution in [3.05, 3.63) is 33.3 Å². The summed E-state index contributed by atoms with van der Waals surface area (Å²) >= 11 is 5.56. The number of nitrogens with zero attached hydrogens (tertiary/aromatic N) is 1. The second-order valence-electron chi connectivity index (χ2n) is 1.97. The van der Waals surface area contributed by atoms with Crippen LogP contribution in [-0.4, -0.2) is 12.0 Å². The van der Waals surface area contributed by atoms with Crippen LogP contribution in [0.1, 0.15) is 4.11 Å². The van der Waals surface area contributed by atoms with Crippen molar-refractivity contribution in [1.29, 1.82) is 0 Å². The molecule has 1 aromatic carbocycles. The Balaban J connectivity index is 3.13. The summed E-state index contributed by atoms with van der Waals surface area (Å²) in [6.45, 7) is 0. The zero-order chi connectivity index (χ0) is 11.6. The molecule has 5 heteroatoms. The highest BCUT2D eigenvalue weighted by Gasteiger charge is 2.13. The Hall–Kier alpha value is -1.29. The molecule has 0 aromatic heterocycles. The average molecular weight is 191 g/mol. The Morgan fingerprint density at radius 1 is 1.75 bits per heavy atom. The second kappa shape index (κ2) is 3.40. The molecule has 0 aliphatic carbocycles. The van der Waals surface area contributed by atoms with E-state index in [1.54, 1.807) is 0 Å². The van der Waals surface area contributed by atoms with Gasteiger partial charge in [0, 0.05) is 17.2 Å². The fourth-order valence-corrected chi connectivity index (χ4v) is 0.883. The van der Waals surface area contributed by atoms with Gasteiger partial charge in [-0.25, -0.2) is 0 Å². The molecular formula is C7H6ClNO3. The summed E-state index contributed by atoms with van der Waals surface area (Å²) in [7, 11) is -2.74. The van der Waals surface area contributed by atoms with E-state index in [1.807, 2.05) is 0 Å². The molecule has 0 heterocycles. The van der Waals surface area contributed by atoms with Gasteiger partial charge >= 0.3 is 5.69 Å². The summed E-state index contributed by atoms with van der Waals surface area (Å²) in [5.74, 6) is -0.368. The van der Waals surface area contributed by atoms with Crippen LogP contribution in [0.4, 0.5) is 5.69 Å². The van der Waals surface area contributed by atoms with Crippen LogP contribution in [0, 0.1) is 10.1 Å². The van der Waals surface area contributed by atoms with Gasteiger partial charge < -0.3 is 4.74 Å². The minimum Gasteiger partial charge on any atom is -0.490 e. The van der Waals surface area contributed by atoms with Gasteiger partial charge in [0.05, 0.1) is 16.1 Å². The van der Waals surface area contributed by atoms with E-state index in [0.717, 1.165) is 12.1 Å². The van der Waals surface area contributed by atoms with E-state index < -0.39 is 17.6 Å². The Morgan fingerprint density at radius 2 is 2.50 bits per heavy atom. The molecule has 0 radical (unpaired) electrons. The van der Waals surface area contributed by atoms with Crippen molar-refractivity contribution in [1.82, 2.24) is 0 Å². The van der Waals surface area contributed by atoms with E-state index in [9.17, 15) is 10.1 Å². The number of methoxy groups -OCH3 is 1. The summed E-state index contributed by atoms with van der Waals surface area (Å²) in [5, 5.41) is 10.7. The van der Waals surface area contributed by atoms with Crippen LogP contribution in [0.2, 0.25) is 5.02 Å². The summed E-state index contributed by atoms with van der Waals surface area (Å²) in [5.41, 5.74) is -0.435. The maximum absolute atomic E-state index is 10.5. The smallest absolute Gasteiger partial charge is 0.311 e. The molecule has 1 aromatic rings. The molecule has 0 N–H and O–H groups in total. The SMILES string of the molecule is [2H]C([2H])([2H])Oc1cc(Cl)ccc1[N+](=O)[O-]. The van der Waals surface area contributed by atoms with Gasteiger partial charge in [0.1, 0.15) is 0 Å². The normalized spacial score (nSPS) is 14.2. The molecule has 0 bridgehead atoms. The van der Waals surface area contributed by atoms with E-state index in [4.69, 9.17) is 15.7 Å². The van der Waals surface area contributed by atoms with Gasteiger partial charge in [0.2, 0.25) is 0 Å². The molecule has 0 aliphatic rings. The van der Waals surface area contributed by atoms with E-state index in [1.165, 1.54) is 6.07 Å². The number of benzene rings is 1. The van der Waals surface area contributed by atoms with Crippen molar-refractivity contribution in [2.45, 2.75) is 0 Å². The van der Waals surface area contributed by atoms with Crippen molar-refractivity contribution >= 4 is 17.3 Å². The molecule has 12 heavy (non-hydrogen) atoms. The van der Waals surface area contributed by atoms with E-state index in [0.29, 0.717) is 0 Å². The Morgan fingerprint density at radius 3 is 3.08 bits per heavy atom. The third-order valence-corrected chi connectivity index (χ3v) is 1.46. The number of hydrogen-bond donors (Lipinski definition) is 0. The lowest BCUT2D eigenvalue weighted by Crippen LogP contribution is -1.92. The minimum atomic E-state index is -2.74. The molecule has 4 nitrogen and oxygen atoms in total. The van der Waals surface area contributed by atoms with E-state index >= 15 is 0 Å². The van der Waals surface area contributed by atoms with Crippen LogP contribution in [-0.2, 0) is 0 Å². The highest BCUT2D eigenvalue weighted by atomic mass is 35.5. The standard InChI is InChI=1S/C7H6ClNO3/c1-12-7-4-5(8)2-3-6(7)9(10)11/h2-4H,1H3/i1D3. The number of ether oxygens (including phenoxy) is 1. The Labute approximate surface area is 78.1 Å². The number of halogens is 1. The lowest BCUT2D eigenvalue weighted by atomic mass is 10.3. The van der Waals surface area contributed by atoms with Gasteiger partial charge in [-0.05, 0) is 6.07 Å². The first kappa shape index (κ1) is 5.37. The van der Waals surface area contributed by atoms with Crippen molar-refractivity contribution < 1.29 is 13.8 Å². The fraction of sp³-hybridized carbons (Fsp3) is 0.143. The maximum atomic E-state index is 10.5. The fourth-order valence-electron chi connectivity index (χ4n) is 0.721. The van der Waals surface area contributed by atoms with Crippen molar-refractivity contribution in [2.24, 2.45) is 0 Å². The van der Waals surface area contributed by atoms with Crippen molar-refractivity contribution in [3.63, 3.8) is 0 Å². The Kier molecular flexibility index (Phi) is 1.52. The summed E-state index contributed by atoms with van der Waals surface area (Å²) in [6.07, 6.45) is 0. The first-order valence-corrected chi connectivity index (χ1v) is 3.30. The quantitative estimate of drug-likeness (QED) is 0.531. The minimum absolute atomic E-state index is 0.167. The van der Waals surface area contributed by atoms with Gasteiger partial charge in [-0.2, -0.15) is 0 Å². The highest BCUT2D eigenvalue weighted by molar-refractivity contribution is 6.30. The molecule has 0 atom stereocenters. The number of nitro groups is 1. The zero-order valence-electron chi connectivity index (χ0n) is 8.78. The lowest BCUT2D eigenvalue weighted by molar-refractivity contribution is -0.385. The van der Waals surface area contributed by atoms with Gasteiger partial charge in [-0.1, -0.05) is 11.6 Å². The summed E-state index contributed by atoms with van der Waals surface area (Å²) in [6, 6.07) is 3.46. The summed E-state index contributed by atoms with van der Waals surface area (Å²) in [4.78, 5) is 9.78. The molecule has 64 valence electrons. The van der Waals surface area contributed by atoms with Crippen molar-refractivity contribution in [3.8, 4) is 5.75 Å². The van der Waals surface area contributed by atoms with Gasteiger partial charge in [-0.3, -0.25) is 10.1 Å². The maximum Gasteiger partial charge on any atom is 0.311 e. The number of nitro benzene ring substituents is 1. The van der Waals surface area contributed by atoms with Crippen LogP contribution >= 0.6 is 11.6 Å². The van der Waals surface area contributed by atoms with Crippen LogP contribution in [0.15, 0.2) is 18.2 Å². The van der Waals surface area contributed by atoms with E-state index in [2.05, 4.69) is 4.74 Å². The monoisotopic (exact) mass is 190 g/mol. The van der Waals surface area contributed by atoms with Crippen LogP contribution < -0.4 is 4.74 Å². The molecular weight excluding hydrogens is 182 g/mol. The first-order valence-electron chi connectivity index (χ1n) is 4.42. The molecule has 0 saturated heterocycles. The number of rotatable bonds is 2. The molecule has 0 saturated carbocycles. The predicted octanol–water partition coefficient (Wildman–Crippen LogP) is 2.26. The van der Waals surface area contributed by atoms with Crippen LogP contribution in [0.25, 0.3) is 0 Å². The Bertz CT molecular complexity index is 394. The third-order valence-electron chi connectivity index (χ3n) is 1.23. The van der Waals surface area contributed by atoms with Crippen LogP contribution in [0.3, 0.4) is 0 Å². The van der Waals surface area contributed by atoms with Crippen LogP contribution in [0.5, 0.6) is 5.75 Å². The summed E-state index contributed by atoms with van der Waals surface area (Å²) < 4.78 is 24.9. The number of hydrogen-bond acceptors (Lipinski definition) is 3. The molecule has 1 rings (SSSR count). The molecule has 0 amide bonds.